The second-order valence-electron chi connectivity index (χ2n) is 11.7. The van der Waals surface area contributed by atoms with Crippen LogP contribution in [0.3, 0.4) is 0 Å². The Kier molecular flexibility index (Phi) is 8.97. The molecule has 0 unspecified atom stereocenters. The average molecular weight is 427 g/mol. The van der Waals surface area contributed by atoms with Crippen molar-refractivity contribution in [2.75, 3.05) is 0 Å². The minimum Gasteiger partial charge on any atom is -0.334 e. The number of aromatic nitrogens is 2. The Labute approximate surface area is 193 Å². The summed E-state index contributed by atoms with van der Waals surface area (Å²) in [6, 6.07) is 0. The van der Waals surface area contributed by atoms with Gasteiger partial charge in [0.2, 0.25) is 0 Å². The molecule has 0 saturated heterocycles. The molecular formula is C29H50N2. The predicted molar refractivity (Wildman–Crippen MR) is 132 cm³/mol. The molecule has 1 aromatic rings. The summed E-state index contributed by atoms with van der Waals surface area (Å²) in [5.74, 6) is 4.51. The van der Waals surface area contributed by atoms with Gasteiger partial charge in [-0.3, -0.25) is 0 Å². The summed E-state index contributed by atoms with van der Waals surface area (Å²) in [4.78, 5) is 4.95. The molecule has 5 rings (SSSR count). The molecular weight excluding hydrogens is 376 g/mol. The molecule has 0 atom stereocenters. The summed E-state index contributed by atoms with van der Waals surface area (Å²) in [5.41, 5.74) is 0.453. The predicted octanol–water partition coefficient (Wildman–Crippen LogP) is 8.83. The number of unbranched alkanes of at least 4 members (excludes halogenated alkanes) is 13. The van der Waals surface area contributed by atoms with Crippen molar-refractivity contribution in [1.82, 2.24) is 9.55 Å². The summed E-state index contributed by atoms with van der Waals surface area (Å²) < 4.78 is 2.56. The second-order valence-corrected chi connectivity index (χ2v) is 11.7. The fourth-order valence-corrected chi connectivity index (χ4v) is 7.81. The number of aryl methyl sites for hydroxylation is 1. The zero-order valence-corrected chi connectivity index (χ0v) is 20.6. The van der Waals surface area contributed by atoms with E-state index in [1.807, 2.05) is 0 Å². The van der Waals surface area contributed by atoms with Crippen LogP contribution in [0.25, 0.3) is 0 Å². The first kappa shape index (κ1) is 23.4. The van der Waals surface area contributed by atoms with Crippen LogP contribution in [0.5, 0.6) is 0 Å². The standard InChI is InChI=1S/C29H50N2/c1-2-3-4-5-6-7-8-9-10-11-12-13-14-15-17-31-18-16-30-28(31)29-22-25-19-26(23-29)21-27(20-25)24-29/h16,18,25-27H,2-15,17,19-24H2,1H3. The van der Waals surface area contributed by atoms with Gasteiger partial charge < -0.3 is 4.57 Å². The van der Waals surface area contributed by atoms with Gasteiger partial charge in [0.15, 0.2) is 0 Å². The van der Waals surface area contributed by atoms with Crippen molar-refractivity contribution in [2.45, 2.75) is 147 Å². The maximum absolute atomic E-state index is 4.95. The molecule has 4 fully saturated rings. The third-order valence-corrected chi connectivity index (χ3v) is 8.98. The number of imidazole rings is 1. The third-order valence-electron chi connectivity index (χ3n) is 8.98. The van der Waals surface area contributed by atoms with Crippen molar-refractivity contribution < 1.29 is 0 Å². The Balaban J connectivity index is 1.06. The molecule has 0 amide bonds. The van der Waals surface area contributed by atoms with Gasteiger partial charge >= 0.3 is 0 Å². The molecule has 1 heterocycles. The lowest BCUT2D eigenvalue weighted by molar-refractivity contribution is -0.0110. The Morgan fingerprint density at radius 1 is 0.710 bits per heavy atom. The molecule has 4 aliphatic carbocycles. The fraction of sp³-hybridized carbons (Fsp3) is 0.897. The monoisotopic (exact) mass is 426 g/mol. The smallest absolute Gasteiger partial charge is 0.114 e. The van der Waals surface area contributed by atoms with Gasteiger partial charge in [-0.2, -0.15) is 0 Å². The molecule has 31 heavy (non-hydrogen) atoms. The van der Waals surface area contributed by atoms with E-state index in [2.05, 4.69) is 23.9 Å². The third kappa shape index (κ3) is 6.38. The van der Waals surface area contributed by atoms with Crippen molar-refractivity contribution in [2.24, 2.45) is 17.8 Å². The lowest BCUT2D eigenvalue weighted by Gasteiger charge is -2.56. The number of hydrogen-bond donors (Lipinski definition) is 0. The zero-order valence-electron chi connectivity index (χ0n) is 20.6. The fourth-order valence-electron chi connectivity index (χ4n) is 7.81. The molecule has 0 aromatic carbocycles. The highest BCUT2D eigenvalue weighted by atomic mass is 15.1. The van der Waals surface area contributed by atoms with E-state index in [0.717, 1.165) is 17.8 Å². The van der Waals surface area contributed by atoms with E-state index in [0.29, 0.717) is 5.41 Å². The van der Waals surface area contributed by atoms with Crippen LogP contribution in [0.15, 0.2) is 12.4 Å². The quantitative estimate of drug-likeness (QED) is 0.241. The summed E-state index contributed by atoms with van der Waals surface area (Å²) in [6.45, 7) is 3.51. The molecule has 4 bridgehead atoms. The van der Waals surface area contributed by atoms with Crippen LogP contribution in [0.4, 0.5) is 0 Å². The molecule has 4 saturated carbocycles. The van der Waals surface area contributed by atoms with Crippen LogP contribution in [0.1, 0.15) is 141 Å². The van der Waals surface area contributed by atoms with Crippen molar-refractivity contribution in [3.63, 3.8) is 0 Å². The molecule has 4 aliphatic rings. The van der Waals surface area contributed by atoms with E-state index < -0.39 is 0 Å². The second kappa shape index (κ2) is 11.9. The van der Waals surface area contributed by atoms with E-state index in [1.54, 1.807) is 0 Å². The van der Waals surface area contributed by atoms with Crippen LogP contribution < -0.4 is 0 Å². The first-order chi connectivity index (χ1) is 15.3. The van der Waals surface area contributed by atoms with Crippen molar-refractivity contribution in [3.8, 4) is 0 Å². The van der Waals surface area contributed by atoms with Crippen LogP contribution in [-0.4, -0.2) is 9.55 Å². The number of hydrogen-bond acceptors (Lipinski definition) is 1. The minimum atomic E-state index is 0.453. The average Bonchev–Trinajstić information content (AvgIpc) is 3.23. The molecule has 2 nitrogen and oxygen atoms in total. The van der Waals surface area contributed by atoms with Gasteiger partial charge in [0, 0.05) is 24.4 Å². The van der Waals surface area contributed by atoms with E-state index >= 15 is 0 Å². The maximum atomic E-state index is 4.95. The van der Waals surface area contributed by atoms with Gasteiger partial charge in [-0.25, -0.2) is 4.98 Å². The minimum absolute atomic E-state index is 0.453. The highest BCUT2D eigenvalue weighted by molar-refractivity contribution is 5.18. The normalized spacial score (nSPS) is 29.1. The first-order valence-electron chi connectivity index (χ1n) is 14.3. The van der Waals surface area contributed by atoms with Crippen LogP contribution in [0.2, 0.25) is 0 Å². The zero-order chi connectivity index (χ0) is 21.4. The Morgan fingerprint density at radius 3 is 1.65 bits per heavy atom. The molecule has 1 aromatic heterocycles. The Hall–Kier alpha value is -0.790. The summed E-state index contributed by atoms with van der Waals surface area (Å²) in [5, 5.41) is 0. The summed E-state index contributed by atoms with van der Waals surface area (Å²) in [7, 11) is 0. The van der Waals surface area contributed by atoms with Crippen LogP contribution in [-0.2, 0) is 12.0 Å². The highest BCUT2D eigenvalue weighted by Gasteiger charge is 2.53. The Morgan fingerprint density at radius 2 is 1.16 bits per heavy atom. The maximum Gasteiger partial charge on any atom is 0.114 e. The topological polar surface area (TPSA) is 17.8 Å². The Bertz CT molecular complexity index is 595. The first-order valence-corrected chi connectivity index (χ1v) is 14.3. The van der Waals surface area contributed by atoms with Gasteiger partial charge in [0.1, 0.15) is 5.82 Å². The molecule has 0 aliphatic heterocycles. The van der Waals surface area contributed by atoms with Gasteiger partial charge in [-0.15, -0.1) is 0 Å². The molecule has 0 N–H and O–H groups in total. The lowest BCUT2D eigenvalue weighted by Crippen LogP contribution is -2.49. The lowest BCUT2D eigenvalue weighted by atomic mass is 9.49. The van der Waals surface area contributed by atoms with Crippen molar-refractivity contribution in [1.29, 1.82) is 0 Å². The van der Waals surface area contributed by atoms with Gasteiger partial charge in [-0.1, -0.05) is 90.4 Å². The van der Waals surface area contributed by atoms with E-state index in [9.17, 15) is 0 Å². The number of rotatable bonds is 16. The number of nitrogens with zero attached hydrogens (tertiary/aromatic N) is 2. The van der Waals surface area contributed by atoms with E-state index in [4.69, 9.17) is 4.98 Å². The van der Waals surface area contributed by atoms with Crippen LogP contribution in [0, 0.1) is 17.8 Å². The summed E-state index contributed by atoms with van der Waals surface area (Å²) in [6.07, 6.45) is 33.4. The largest absolute Gasteiger partial charge is 0.334 e. The molecule has 2 heteroatoms. The van der Waals surface area contributed by atoms with Gasteiger partial charge in [0.05, 0.1) is 0 Å². The van der Waals surface area contributed by atoms with Gasteiger partial charge in [-0.05, 0) is 62.7 Å². The SMILES string of the molecule is CCCCCCCCCCCCCCCCn1ccnc1C12CC3CC(CC(C3)C1)C2. The van der Waals surface area contributed by atoms with Crippen molar-refractivity contribution in [3.05, 3.63) is 18.2 Å². The van der Waals surface area contributed by atoms with E-state index in [1.165, 1.54) is 141 Å². The molecule has 176 valence electrons. The molecule has 0 radical (unpaired) electrons. The highest BCUT2D eigenvalue weighted by Crippen LogP contribution is 2.60. The van der Waals surface area contributed by atoms with Gasteiger partial charge in [0.25, 0.3) is 0 Å². The van der Waals surface area contributed by atoms with Crippen LogP contribution >= 0.6 is 0 Å². The summed E-state index contributed by atoms with van der Waals surface area (Å²) >= 11 is 0. The molecule has 0 spiro atoms. The van der Waals surface area contributed by atoms with Crippen molar-refractivity contribution >= 4 is 0 Å². The van der Waals surface area contributed by atoms with E-state index in [-0.39, 0.29) is 0 Å².